The predicted octanol–water partition coefficient (Wildman–Crippen LogP) is 2.94. The van der Waals surface area contributed by atoms with Crippen molar-refractivity contribution in [2.24, 2.45) is 4.99 Å². The summed E-state index contributed by atoms with van der Waals surface area (Å²) in [5.74, 6) is 0.833. The van der Waals surface area contributed by atoms with E-state index in [4.69, 9.17) is 9.84 Å². The Morgan fingerprint density at radius 2 is 1.72 bits per heavy atom. The zero-order chi connectivity index (χ0) is 12.8. The molecule has 0 aliphatic rings. The molecular formula is C15H15NO2. The van der Waals surface area contributed by atoms with Gasteiger partial charge in [-0.1, -0.05) is 12.1 Å². The van der Waals surface area contributed by atoms with Gasteiger partial charge in [0.15, 0.2) is 0 Å². The third kappa shape index (κ3) is 3.18. The number of ether oxygens (including phenoxy) is 1. The van der Waals surface area contributed by atoms with Crippen LogP contribution in [0.4, 0.5) is 5.69 Å². The van der Waals surface area contributed by atoms with Crippen LogP contribution >= 0.6 is 0 Å². The Balaban J connectivity index is 2.08. The standard InChI is InChI=1S/C15H15NO2/c1-18-15-8-4-12(5-9-15)10-16-14-6-2-13(11-17)3-7-14/h2-10,17H,11H2,1H3. The van der Waals surface area contributed by atoms with E-state index in [1.807, 2.05) is 48.5 Å². The fraction of sp³-hybridized carbons (Fsp3) is 0.133. The molecule has 0 aliphatic heterocycles. The Morgan fingerprint density at radius 1 is 1.06 bits per heavy atom. The first kappa shape index (κ1) is 12.3. The van der Waals surface area contributed by atoms with Gasteiger partial charge >= 0.3 is 0 Å². The second-order valence-electron chi connectivity index (χ2n) is 3.86. The third-order valence-corrected chi connectivity index (χ3v) is 2.60. The SMILES string of the molecule is COc1ccc(C=Nc2ccc(CO)cc2)cc1. The van der Waals surface area contributed by atoms with Crippen molar-refractivity contribution in [2.45, 2.75) is 6.61 Å². The minimum atomic E-state index is 0.0580. The molecule has 0 heterocycles. The van der Waals surface area contributed by atoms with E-state index in [9.17, 15) is 0 Å². The normalized spacial score (nSPS) is 10.8. The Bertz CT molecular complexity index is 466. The summed E-state index contributed by atoms with van der Waals surface area (Å²) in [7, 11) is 1.64. The van der Waals surface area contributed by atoms with Gasteiger partial charge in [-0.25, -0.2) is 0 Å². The fourth-order valence-electron chi connectivity index (χ4n) is 1.53. The van der Waals surface area contributed by atoms with Crippen LogP contribution in [0.3, 0.4) is 0 Å². The van der Waals surface area contributed by atoms with Gasteiger partial charge in [0.05, 0.1) is 19.4 Å². The number of hydrogen-bond donors (Lipinski definition) is 1. The summed E-state index contributed by atoms with van der Waals surface area (Å²) >= 11 is 0. The lowest BCUT2D eigenvalue weighted by molar-refractivity contribution is 0.282. The lowest BCUT2D eigenvalue weighted by Gasteiger charge is -1.99. The molecule has 92 valence electrons. The van der Waals surface area contributed by atoms with Crippen LogP contribution in [0.5, 0.6) is 5.75 Å². The van der Waals surface area contributed by atoms with E-state index >= 15 is 0 Å². The molecule has 0 saturated heterocycles. The van der Waals surface area contributed by atoms with Gasteiger partial charge in [-0.3, -0.25) is 4.99 Å². The molecule has 2 rings (SSSR count). The van der Waals surface area contributed by atoms with E-state index in [0.29, 0.717) is 0 Å². The molecule has 3 nitrogen and oxygen atoms in total. The second-order valence-corrected chi connectivity index (χ2v) is 3.86. The average molecular weight is 241 g/mol. The maximum Gasteiger partial charge on any atom is 0.118 e. The Hall–Kier alpha value is -2.13. The highest BCUT2D eigenvalue weighted by molar-refractivity contribution is 5.82. The lowest BCUT2D eigenvalue weighted by atomic mass is 10.2. The summed E-state index contributed by atoms with van der Waals surface area (Å²) < 4.78 is 5.09. The lowest BCUT2D eigenvalue weighted by Crippen LogP contribution is -1.84. The van der Waals surface area contributed by atoms with Gasteiger partial charge in [0.25, 0.3) is 0 Å². The summed E-state index contributed by atoms with van der Waals surface area (Å²) in [5, 5.41) is 8.94. The van der Waals surface area contributed by atoms with E-state index in [1.54, 1.807) is 13.3 Å². The average Bonchev–Trinajstić information content (AvgIpc) is 2.46. The van der Waals surface area contributed by atoms with Crippen molar-refractivity contribution in [1.82, 2.24) is 0 Å². The first-order valence-electron chi connectivity index (χ1n) is 5.70. The third-order valence-electron chi connectivity index (χ3n) is 2.60. The number of nitrogens with zero attached hydrogens (tertiary/aromatic N) is 1. The molecule has 0 radical (unpaired) electrons. The fourth-order valence-corrected chi connectivity index (χ4v) is 1.53. The molecule has 2 aromatic rings. The van der Waals surface area contributed by atoms with Crippen LogP contribution in [-0.4, -0.2) is 18.4 Å². The summed E-state index contributed by atoms with van der Waals surface area (Å²) in [6.45, 7) is 0.0580. The van der Waals surface area contributed by atoms with Crippen molar-refractivity contribution in [3.8, 4) is 5.75 Å². The van der Waals surface area contributed by atoms with Crippen LogP contribution in [0, 0.1) is 0 Å². The van der Waals surface area contributed by atoms with E-state index in [-0.39, 0.29) is 6.61 Å². The number of hydrogen-bond acceptors (Lipinski definition) is 3. The topological polar surface area (TPSA) is 41.8 Å². The van der Waals surface area contributed by atoms with Crippen molar-refractivity contribution < 1.29 is 9.84 Å². The highest BCUT2D eigenvalue weighted by Crippen LogP contribution is 2.14. The van der Waals surface area contributed by atoms with E-state index in [0.717, 1.165) is 22.6 Å². The molecule has 0 amide bonds. The number of methoxy groups -OCH3 is 1. The molecule has 2 aromatic carbocycles. The molecule has 0 saturated carbocycles. The molecule has 0 atom stereocenters. The molecule has 0 aliphatic carbocycles. The number of aliphatic hydroxyl groups excluding tert-OH is 1. The molecular weight excluding hydrogens is 226 g/mol. The van der Waals surface area contributed by atoms with Crippen molar-refractivity contribution in [1.29, 1.82) is 0 Å². The monoisotopic (exact) mass is 241 g/mol. The summed E-state index contributed by atoms with van der Waals surface area (Å²) in [4.78, 5) is 4.36. The zero-order valence-electron chi connectivity index (χ0n) is 10.2. The minimum absolute atomic E-state index is 0.0580. The van der Waals surface area contributed by atoms with Crippen LogP contribution in [0.15, 0.2) is 53.5 Å². The Morgan fingerprint density at radius 3 is 2.28 bits per heavy atom. The molecule has 0 aromatic heterocycles. The molecule has 0 bridgehead atoms. The molecule has 0 unspecified atom stereocenters. The van der Waals surface area contributed by atoms with Crippen LogP contribution in [-0.2, 0) is 6.61 Å². The number of rotatable bonds is 4. The molecule has 0 spiro atoms. The van der Waals surface area contributed by atoms with E-state index in [1.165, 1.54) is 0 Å². The van der Waals surface area contributed by atoms with Crippen molar-refractivity contribution in [3.05, 3.63) is 59.7 Å². The van der Waals surface area contributed by atoms with E-state index < -0.39 is 0 Å². The first-order valence-corrected chi connectivity index (χ1v) is 5.70. The van der Waals surface area contributed by atoms with E-state index in [2.05, 4.69) is 4.99 Å². The summed E-state index contributed by atoms with van der Waals surface area (Å²) in [5.41, 5.74) is 2.77. The van der Waals surface area contributed by atoms with Crippen LogP contribution in [0.1, 0.15) is 11.1 Å². The summed E-state index contributed by atoms with van der Waals surface area (Å²) in [6, 6.07) is 15.2. The number of aliphatic hydroxyl groups is 1. The molecule has 0 fully saturated rings. The first-order chi connectivity index (χ1) is 8.81. The zero-order valence-corrected chi connectivity index (χ0v) is 10.2. The van der Waals surface area contributed by atoms with Gasteiger partial charge in [-0.15, -0.1) is 0 Å². The minimum Gasteiger partial charge on any atom is -0.497 e. The van der Waals surface area contributed by atoms with Gasteiger partial charge in [-0.05, 0) is 47.5 Å². The number of benzene rings is 2. The van der Waals surface area contributed by atoms with Crippen molar-refractivity contribution >= 4 is 11.9 Å². The van der Waals surface area contributed by atoms with Gasteiger partial charge in [0.1, 0.15) is 5.75 Å². The quantitative estimate of drug-likeness (QED) is 0.836. The largest absolute Gasteiger partial charge is 0.497 e. The van der Waals surface area contributed by atoms with Crippen LogP contribution < -0.4 is 4.74 Å². The Kier molecular flexibility index (Phi) is 4.10. The van der Waals surface area contributed by atoms with Crippen LogP contribution in [0.2, 0.25) is 0 Å². The van der Waals surface area contributed by atoms with Gasteiger partial charge in [-0.2, -0.15) is 0 Å². The maximum absolute atomic E-state index is 8.94. The smallest absolute Gasteiger partial charge is 0.118 e. The van der Waals surface area contributed by atoms with Gasteiger partial charge in [0, 0.05) is 6.21 Å². The maximum atomic E-state index is 8.94. The summed E-state index contributed by atoms with van der Waals surface area (Å²) in [6.07, 6.45) is 1.80. The Labute approximate surface area is 106 Å². The van der Waals surface area contributed by atoms with Crippen molar-refractivity contribution in [2.75, 3.05) is 7.11 Å². The molecule has 1 N–H and O–H groups in total. The molecule has 3 heteroatoms. The van der Waals surface area contributed by atoms with Gasteiger partial charge < -0.3 is 9.84 Å². The van der Waals surface area contributed by atoms with Crippen molar-refractivity contribution in [3.63, 3.8) is 0 Å². The predicted molar refractivity (Wildman–Crippen MR) is 72.6 cm³/mol. The second kappa shape index (κ2) is 5.98. The molecule has 18 heavy (non-hydrogen) atoms. The highest BCUT2D eigenvalue weighted by Gasteiger charge is 1.93. The van der Waals surface area contributed by atoms with Gasteiger partial charge in [0.2, 0.25) is 0 Å². The number of aliphatic imine (C=N–C) groups is 1. The highest BCUT2D eigenvalue weighted by atomic mass is 16.5. The van der Waals surface area contributed by atoms with Crippen LogP contribution in [0.25, 0.3) is 0 Å².